The highest BCUT2D eigenvalue weighted by atomic mass is 16.7. The molecule has 0 unspecified atom stereocenters. The van der Waals surface area contributed by atoms with Crippen LogP contribution in [0.25, 0.3) is 0 Å². The number of carboxylic acid groups (broad SMARTS) is 1. The molecule has 18 heavy (non-hydrogen) atoms. The number of hydroxylamine groups is 1. The Kier molecular flexibility index (Phi) is 4.94. The summed E-state index contributed by atoms with van der Waals surface area (Å²) in [5.41, 5.74) is 3.34. The number of amides is 2. The first-order chi connectivity index (χ1) is 8.52. The normalized spacial score (nSPS) is 9.67. The number of hydrogen-bond donors (Lipinski definition) is 3. The summed E-state index contributed by atoms with van der Waals surface area (Å²) in [6, 6.07) is 4.53. The van der Waals surface area contributed by atoms with Gasteiger partial charge in [-0.3, -0.25) is 4.84 Å². The van der Waals surface area contributed by atoms with E-state index in [0.717, 1.165) is 5.56 Å². The van der Waals surface area contributed by atoms with Crippen LogP contribution in [-0.2, 0) is 9.63 Å². The monoisotopic (exact) mass is 254 g/mol. The number of methoxy groups -OCH3 is 1. The lowest BCUT2D eigenvalue weighted by Gasteiger charge is -2.10. The first-order valence-corrected chi connectivity index (χ1v) is 5.08. The van der Waals surface area contributed by atoms with E-state index in [9.17, 15) is 9.59 Å². The Balaban J connectivity index is 2.55. The molecule has 1 aromatic carbocycles. The van der Waals surface area contributed by atoms with Gasteiger partial charge in [-0.15, -0.1) is 0 Å². The maximum absolute atomic E-state index is 11.4. The Labute approximate surface area is 104 Å². The Morgan fingerprint density at radius 2 is 2.11 bits per heavy atom. The van der Waals surface area contributed by atoms with Crippen LogP contribution < -0.4 is 15.5 Å². The minimum absolute atomic E-state index is 0.547. The molecule has 0 heterocycles. The number of nitrogens with one attached hydrogen (secondary N) is 2. The van der Waals surface area contributed by atoms with Crippen LogP contribution in [0.4, 0.5) is 10.5 Å². The Hall–Kier alpha value is -2.28. The summed E-state index contributed by atoms with van der Waals surface area (Å²) in [5.74, 6) is -0.574. The van der Waals surface area contributed by atoms with Crippen LogP contribution in [0.5, 0.6) is 5.75 Å². The van der Waals surface area contributed by atoms with E-state index in [4.69, 9.17) is 9.84 Å². The Morgan fingerprint density at radius 3 is 2.72 bits per heavy atom. The topological polar surface area (TPSA) is 96.9 Å². The molecule has 0 spiro atoms. The third kappa shape index (κ3) is 4.30. The zero-order chi connectivity index (χ0) is 13.5. The number of aliphatic carboxylic acids is 1. The van der Waals surface area contributed by atoms with Crippen molar-refractivity contribution < 1.29 is 24.3 Å². The molecule has 7 heteroatoms. The molecule has 0 saturated carbocycles. The largest absolute Gasteiger partial charge is 0.497 e. The van der Waals surface area contributed by atoms with Crippen molar-refractivity contribution in [3.05, 3.63) is 23.8 Å². The third-order valence-electron chi connectivity index (χ3n) is 2.05. The number of ether oxygens (including phenoxy) is 1. The maximum atomic E-state index is 11.4. The summed E-state index contributed by atoms with van der Waals surface area (Å²) in [5, 5.41) is 10.8. The molecule has 3 N–H and O–H groups in total. The lowest BCUT2D eigenvalue weighted by molar-refractivity contribution is -0.143. The van der Waals surface area contributed by atoms with Gasteiger partial charge in [-0.1, -0.05) is 6.07 Å². The maximum Gasteiger partial charge on any atom is 0.343 e. The quantitative estimate of drug-likeness (QED) is 0.685. The fourth-order valence-electron chi connectivity index (χ4n) is 1.17. The number of rotatable bonds is 5. The standard InChI is InChI=1S/C11H14N2O5/c1-7-3-4-8(17-2)5-9(7)12-11(16)13-18-6-10(14)15/h3-5H,6H2,1-2H3,(H,14,15)(H2,12,13,16). The number of carbonyl (C=O) groups is 2. The second-order valence-electron chi connectivity index (χ2n) is 3.42. The highest BCUT2D eigenvalue weighted by Crippen LogP contribution is 2.21. The van der Waals surface area contributed by atoms with Gasteiger partial charge in [0.25, 0.3) is 0 Å². The molecular weight excluding hydrogens is 240 g/mol. The molecule has 0 atom stereocenters. The molecule has 0 fully saturated rings. The molecule has 1 aromatic rings. The van der Waals surface area contributed by atoms with Crippen molar-refractivity contribution in [3.63, 3.8) is 0 Å². The minimum atomic E-state index is -1.17. The summed E-state index contributed by atoms with van der Waals surface area (Å²) in [6.07, 6.45) is 0. The SMILES string of the molecule is COc1ccc(C)c(NC(=O)NOCC(=O)O)c1. The number of aryl methyl sites for hydroxylation is 1. The van der Waals surface area contributed by atoms with Crippen molar-refractivity contribution >= 4 is 17.7 Å². The van der Waals surface area contributed by atoms with E-state index in [2.05, 4.69) is 10.2 Å². The predicted octanol–water partition coefficient (Wildman–Crippen LogP) is 1.14. The van der Waals surface area contributed by atoms with Crippen molar-refractivity contribution in [2.45, 2.75) is 6.92 Å². The van der Waals surface area contributed by atoms with Crippen LogP contribution in [0.2, 0.25) is 0 Å². The van der Waals surface area contributed by atoms with Gasteiger partial charge in [0, 0.05) is 11.8 Å². The lowest BCUT2D eigenvalue weighted by atomic mass is 10.2. The Bertz CT molecular complexity index is 447. The number of benzene rings is 1. The summed E-state index contributed by atoms with van der Waals surface area (Å²) >= 11 is 0. The molecule has 0 saturated heterocycles. The van der Waals surface area contributed by atoms with E-state index in [-0.39, 0.29) is 0 Å². The van der Waals surface area contributed by atoms with E-state index in [1.807, 2.05) is 12.4 Å². The summed E-state index contributed by atoms with van der Waals surface area (Å²) in [4.78, 5) is 26.0. The van der Waals surface area contributed by atoms with E-state index in [1.165, 1.54) is 7.11 Å². The molecular formula is C11H14N2O5. The fourth-order valence-corrected chi connectivity index (χ4v) is 1.17. The van der Waals surface area contributed by atoms with Gasteiger partial charge < -0.3 is 15.2 Å². The number of carbonyl (C=O) groups excluding carboxylic acids is 1. The molecule has 98 valence electrons. The number of carboxylic acids is 1. The molecule has 0 aliphatic heterocycles. The van der Waals surface area contributed by atoms with Crippen molar-refractivity contribution in [3.8, 4) is 5.75 Å². The molecule has 0 bridgehead atoms. The van der Waals surface area contributed by atoms with E-state index in [1.54, 1.807) is 18.2 Å². The van der Waals surface area contributed by atoms with Gasteiger partial charge >= 0.3 is 12.0 Å². The van der Waals surface area contributed by atoms with Crippen LogP contribution in [-0.4, -0.2) is 30.8 Å². The summed E-state index contributed by atoms with van der Waals surface area (Å²) in [7, 11) is 1.52. The van der Waals surface area contributed by atoms with E-state index in [0.29, 0.717) is 11.4 Å². The van der Waals surface area contributed by atoms with Gasteiger partial charge in [0.05, 0.1) is 7.11 Å². The van der Waals surface area contributed by atoms with Crippen molar-refractivity contribution in [1.82, 2.24) is 5.48 Å². The molecule has 0 aliphatic carbocycles. The van der Waals surface area contributed by atoms with E-state index >= 15 is 0 Å². The second kappa shape index (κ2) is 6.45. The van der Waals surface area contributed by atoms with Crippen LogP contribution in [0.1, 0.15) is 5.56 Å². The first kappa shape index (κ1) is 13.8. The lowest BCUT2D eigenvalue weighted by Crippen LogP contribution is -2.31. The zero-order valence-corrected chi connectivity index (χ0v) is 10.0. The molecule has 0 radical (unpaired) electrons. The molecule has 2 amide bonds. The number of urea groups is 1. The fraction of sp³-hybridized carbons (Fsp3) is 0.273. The minimum Gasteiger partial charge on any atom is -0.497 e. The van der Waals surface area contributed by atoms with Crippen LogP contribution in [0.3, 0.4) is 0 Å². The predicted molar refractivity (Wildman–Crippen MR) is 63.5 cm³/mol. The molecule has 7 nitrogen and oxygen atoms in total. The Morgan fingerprint density at radius 1 is 1.39 bits per heavy atom. The van der Waals surface area contributed by atoms with Gasteiger partial charge in [0.1, 0.15) is 5.75 Å². The summed E-state index contributed by atoms with van der Waals surface area (Å²) < 4.78 is 5.02. The van der Waals surface area contributed by atoms with Gasteiger partial charge in [0.2, 0.25) is 0 Å². The average molecular weight is 254 g/mol. The van der Waals surface area contributed by atoms with Crippen molar-refractivity contribution in [1.29, 1.82) is 0 Å². The smallest absolute Gasteiger partial charge is 0.343 e. The van der Waals surface area contributed by atoms with Crippen LogP contribution in [0, 0.1) is 6.92 Å². The highest BCUT2D eigenvalue weighted by molar-refractivity contribution is 5.89. The number of hydrogen-bond acceptors (Lipinski definition) is 4. The van der Waals surface area contributed by atoms with E-state index < -0.39 is 18.6 Å². The van der Waals surface area contributed by atoms with Crippen LogP contribution in [0.15, 0.2) is 18.2 Å². The third-order valence-corrected chi connectivity index (χ3v) is 2.05. The van der Waals surface area contributed by atoms with Gasteiger partial charge in [-0.25, -0.2) is 15.1 Å². The van der Waals surface area contributed by atoms with Gasteiger partial charge in [-0.2, -0.15) is 0 Å². The average Bonchev–Trinajstić information content (AvgIpc) is 2.31. The molecule has 1 rings (SSSR count). The zero-order valence-electron chi connectivity index (χ0n) is 10.0. The highest BCUT2D eigenvalue weighted by Gasteiger charge is 2.06. The first-order valence-electron chi connectivity index (χ1n) is 5.08. The van der Waals surface area contributed by atoms with Crippen LogP contribution >= 0.6 is 0 Å². The van der Waals surface area contributed by atoms with Crippen molar-refractivity contribution in [2.75, 3.05) is 19.0 Å². The molecule has 0 aliphatic rings. The van der Waals surface area contributed by atoms with Gasteiger partial charge in [0.15, 0.2) is 6.61 Å². The van der Waals surface area contributed by atoms with Crippen molar-refractivity contribution in [2.24, 2.45) is 0 Å². The second-order valence-corrected chi connectivity index (χ2v) is 3.42. The number of anilines is 1. The molecule has 0 aromatic heterocycles. The summed E-state index contributed by atoms with van der Waals surface area (Å²) in [6.45, 7) is 1.21. The van der Waals surface area contributed by atoms with Gasteiger partial charge in [-0.05, 0) is 18.6 Å².